The second-order valence-electron chi connectivity index (χ2n) is 4.36. The Morgan fingerprint density at radius 1 is 1.37 bits per heavy atom. The van der Waals surface area contributed by atoms with Gasteiger partial charge in [-0.1, -0.05) is 0 Å². The number of aryl methyl sites for hydroxylation is 2. The van der Waals surface area contributed by atoms with Gasteiger partial charge in [-0.15, -0.1) is 0 Å². The number of rotatable bonds is 7. The van der Waals surface area contributed by atoms with E-state index >= 15 is 0 Å². The molecule has 0 aliphatic carbocycles. The van der Waals surface area contributed by atoms with Gasteiger partial charge >= 0.3 is 0 Å². The molecule has 0 fully saturated rings. The maximum absolute atomic E-state index is 12.3. The van der Waals surface area contributed by atoms with Crippen LogP contribution in [0.4, 0.5) is 0 Å². The molecular weight excluding hydrogens is 270 g/mol. The van der Waals surface area contributed by atoms with E-state index in [1.165, 1.54) is 0 Å². The minimum Gasteiger partial charge on any atom is -0.465 e. The molecule has 0 amide bonds. The minimum absolute atomic E-state index is 0.0239. The lowest BCUT2D eigenvalue weighted by molar-refractivity contribution is 0.133. The molecule has 0 spiro atoms. The number of hydrogen-bond acceptors (Lipinski definition) is 5. The highest BCUT2D eigenvalue weighted by atomic mass is 32.2. The molecule has 1 aromatic heterocycles. The highest BCUT2D eigenvalue weighted by Gasteiger charge is 2.27. The van der Waals surface area contributed by atoms with Crippen LogP contribution >= 0.6 is 0 Å². The van der Waals surface area contributed by atoms with E-state index in [0.717, 1.165) is 0 Å². The lowest BCUT2D eigenvalue weighted by atomic mass is 10.2. The van der Waals surface area contributed by atoms with Gasteiger partial charge in [-0.3, -0.25) is 0 Å². The van der Waals surface area contributed by atoms with E-state index in [4.69, 9.17) is 9.15 Å². The van der Waals surface area contributed by atoms with Gasteiger partial charge < -0.3 is 14.3 Å². The zero-order valence-electron chi connectivity index (χ0n) is 11.7. The molecule has 1 unspecified atom stereocenters. The fourth-order valence-electron chi connectivity index (χ4n) is 1.90. The highest BCUT2D eigenvalue weighted by molar-refractivity contribution is 7.89. The Labute approximate surface area is 113 Å². The van der Waals surface area contributed by atoms with Crippen LogP contribution in [0.3, 0.4) is 0 Å². The summed E-state index contributed by atoms with van der Waals surface area (Å²) in [5, 5.41) is 9.27. The lowest BCUT2D eigenvalue weighted by Crippen LogP contribution is -2.36. The number of aliphatic hydroxyl groups is 1. The molecule has 1 heterocycles. The molecule has 1 aromatic rings. The first-order valence-corrected chi connectivity index (χ1v) is 7.61. The van der Waals surface area contributed by atoms with E-state index in [-0.39, 0.29) is 23.3 Å². The molecule has 2 N–H and O–H groups in total. The number of nitrogens with one attached hydrogen (secondary N) is 1. The Morgan fingerprint density at radius 3 is 2.53 bits per heavy atom. The van der Waals surface area contributed by atoms with Gasteiger partial charge in [0, 0.05) is 18.2 Å². The summed E-state index contributed by atoms with van der Waals surface area (Å²) < 4.78 is 37.5. The Balaban J connectivity index is 3.01. The van der Waals surface area contributed by atoms with Gasteiger partial charge in [0.05, 0.1) is 13.2 Å². The summed E-state index contributed by atoms with van der Waals surface area (Å²) in [6.07, 6.45) is 0. The normalized spacial score (nSPS) is 13.7. The summed E-state index contributed by atoms with van der Waals surface area (Å²) in [6.45, 7) is 7.19. The van der Waals surface area contributed by atoms with Gasteiger partial charge in [-0.05, 0) is 27.7 Å². The number of hydrogen-bond donors (Lipinski definition) is 2. The molecule has 6 nitrogen and oxygen atoms in total. The molecule has 0 aliphatic rings. The van der Waals surface area contributed by atoms with Gasteiger partial charge in [-0.25, -0.2) is 13.1 Å². The van der Waals surface area contributed by atoms with Crippen LogP contribution < -0.4 is 4.72 Å². The maximum Gasteiger partial charge on any atom is 0.244 e. The van der Waals surface area contributed by atoms with Crippen LogP contribution in [-0.4, -0.2) is 32.8 Å². The molecule has 1 rings (SSSR count). The Hall–Kier alpha value is -0.890. The van der Waals surface area contributed by atoms with Crippen LogP contribution in [-0.2, 0) is 21.4 Å². The lowest BCUT2D eigenvalue weighted by Gasteiger charge is -2.14. The fourth-order valence-corrected chi connectivity index (χ4v) is 3.57. The van der Waals surface area contributed by atoms with Crippen LogP contribution in [0.1, 0.15) is 30.9 Å². The second kappa shape index (κ2) is 6.51. The van der Waals surface area contributed by atoms with E-state index in [0.29, 0.717) is 24.5 Å². The van der Waals surface area contributed by atoms with Crippen molar-refractivity contribution in [3.8, 4) is 0 Å². The summed E-state index contributed by atoms with van der Waals surface area (Å²) in [5.41, 5.74) is 0.300. The van der Waals surface area contributed by atoms with Crippen LogP contribution in [0.5, 0.6) is 0 Å². The standard InChI is InChI=1S/C12H21NO5S/c1-5-17-7-8(2)13-19(15,16)12-10(4)18-9(3)11(12)6-14/h8,13-14H,5-7H2,1-4H3. The largest absolute Gasteiger partial charge is 0.465 e. The molecule has 0 aromatic carbocycles. The van der Waals surface area contributed by atoms with Crippen LogP contribution in [0.25, 0.3) is 0 Å². The monoisotopic (exact) mass is 291 g/mol. The third-order valence-electron chi connectivity index (χ3n) is 2.68. The van der Waals surface area contributed by atoms with Crippen molar-refractivity contribution in [3.63, 3.8) is 0 Å². The average Bonchev–Trinajstić information content (AvgIpc) is 2.60. The maximum atomic E-state index is 12.3. The van der Waals surface area contributed by atoms with Crippen molar-refractivity contribution in [3.05, 3.63) is 17.1 Å². The molecule has 7 heteroatoms. The summed E-state index contributed by atoms with van der Waals surface area (Å²) in [4.78, 5) is 0.0239. The summed E-state index contributed by atoms with van der Waals surface area (Å²) >= 11 is 0. The molecule has 0 saturated carbocycles. The van der Waals surface area contributed by atoms with E-state index in [1.54, 1.807) is 20.8 Å². The smallest absolute Gasteiger partial charge is 0.244 e. The zero-order valence-corrected chi connectivity index (χ0v) is 12.5. The molecule has 19 heavy (non-hydrogen) atoms. The van der Waals surface area contributed by atoms with Crippen molar-refractivity contribution in [2.24, 2.45) is 0 Å². The highest BCUT2D eigenvalue weighted by Crippen LogP contribution is 2.26. The van der Waals surface area contributed by atoms with Crippen LogP contribution in [0.2, 0.25) is 0 Å². The predicted octanol–water partition coefficient (Wildman–Crippen LogP) is 1.09. The Bertz CT molecular complexity index is 520. The SMILES string of the molecule is CCOCC(C)NS(=O)(=O)c1c(C)oc(C)c1CO. The van der Waals surface area contributed by atoms with Crippen molar-refractivity contribution in [1.29, 1.82) is 0 Å². The van der Waals surface area contributed by atoms with Gasteiger partial charge in [0.2, 0.25) is 10.0 Å². The fraction of sp³-hybridized carbons (Fsp3) is 0.667. The molecule has 0 radical (unpaired) electrons. The molecule has 0 saturated heterocycles. The van der Waals surface area contributed by atoms with E-state index in [2.05, 4.69) is 4.72 Å². The van der Waals surface area contributed by atoms with E-state index < -0.39 is 10.0 Å². The number of ether oxygens (including phenoxy) is 1. The van der Waals surface area contributed by atoms with Crippen LogP contribution in [0.15, 0.2) is 9.31 Å². The molecule has 0 aliphatic heterocycles. The van der Waals surface area contributed by atoms with Crippen LogP contribution in [0, 0.1) is 13.8 Å². The molecular formula is C12H21NO5S. The number of aliphatic hydroxyl groups excluding tert-OH is 1. The van der Waals surface area contributed by atoms with Crippen molar-refractivity contribution in [2.75, 3.05) is 13.2 Å². The molecule has 110 valence electrons. The first kappa shape index (κ1) is 16.2. The zero-order chi connectivity index (χ0) is 14.6. The summed E-state index contributed by atoms with van der Waals surface area (Å²) in [6, 6.07) is -0.355. The second-order valence-corrected chi connectivity index (χ2v) is 6.01. The third-order valence-corrected chi connectivity index (χ3v) is 4.46. The van der Waals surface area contributed by atoms with Gasteiger partial charge in [0.25, 0.3) is 0 Å². The Morgan fingerprint density at radius 2 is 2.00 bits per heavy atom. The van der Waals surface area contributed by atoms with Crippen molar-refractivity contribution >= 4 is 10.0 Å². The van der Waals surface area contributed by atoms with Gasteiger partial charge in [0.1, 0.15) is 16.4 Å². The minimum atomic E-state index is -3.73. The Kier molecular flexibility index (Phi) is 5.54. The van der Waals surface area contributed by atoms with Gasteiger partial charge in [0.15, 0.2) is 0 Å². The average molecular weight is 291 g/mol. The van der Waals surface area contributed by atoms with Crippen molar-refractivity contribution in [1.82, 2.24) is 4.72 Å². The summed E-state index contributed by atoms with van der Waals surface area (Å²) in [5.74, 6) is 0.690. The quantitative estimate of drug-likeness (QED) is 0.785. The van der Waals surface area contributed by atoms with E-state index in [1.807, 2.05) is 6.92 Å². The predicted molar refractivity (Wildman–Crippen MR) is 70.4 cm³/mol. The topological polar surface area (TPSA) is 88.8 Å². The first-order chi connectivity index (χ1) is 8.83. The van der Waals surface area contributed by atoms with E-state index in [9.17, 15) is 13.5 Å². The van der Waals surface area contributed by atoms with Crippen molar-refractivity contribution < 1.29 is 22.7 Å². The number of sulfonamides is 1. The number of furan rings is 1. The third kappa shape index (κ3) is 3.79. The van der Waals surface area contributed by atoms with Gasteiger partial charge in [-0.2, -0.15) is 0 Å². The van der Waals surface area contributed by atoms with Crippen molar-refractivity contribution in [2.45, 2.75) is 45.2 Å². The first-order valence-electron chi connectivity index (χ1n) is 6.13. The molecule has 0 bridgehead atoms. The summed E-state index contributed by atoms with van der Waals surface area (Å²) in [7, 11) is -3.73. The molecule has 1 atom stereocenters.